The molecule has 0 aromatic heterocycles. The first-order valence-electron chi connectivity index (χ1n) is 7.52. The van der Waals surface area contributed by atoms with Crippen molar-refractivity contribution in [2.75, 3.05) is 26.4 Å². The van der Waals surface area contributed by atoms with Crippen molar-refractivity contribution in [2.45, 2.75) is 38.2 Å². The van der Waals surface area contributed by atoms with Crippen molar-refractivity contribution in [3.05, 3.63) is 34.3 Å². The summed E-state index contributed by atoms with van der Waals surface area (Å²) in [6.45, 7) is 5.69. The van der Waals surface area contributed by atoms with Gasteiger partial charge in [0.05, 0.1) is 25.9 Å². The Hall–Kier alpha value is -0.650. The lowest BCUT2D eigenvalue weighted by Gasteiger charge is -2.31. The zero-order valence-electron chi connectivity index (χ0n) is 12.4. The molecule has 2 fully saturated rings. The molecular weight excluding hydrogens is 290 g/mol. The van der Waals surface area contributed by atoms with Gasteiger partial charge in [-0.15, -0.1) is 0 Å². The summed E-state index contributed by atoms with van der Waals surface area (Å²) in [5, 5.41) is 4.23. The first kappa shape index (κ1) is 15.3. The van der Waals surface area contributed by atoms with Gasteiger partial charge >= 0.3 is 0 Å². The highest BCUT2D eigenvalue weighted by Crippen LogP contribution is 2.32. The van der Waals surface area contributed by atoms with Crippen LogP contribution >= 0.6 is 11.6 Å². The van der Waals surface area contributed by atoms with E-state index in [-0.39, 0.29) is 6.10 Å². The van der Waals surface area contributed by atoms with Crippen LogP contribution in [0.5, 0.6) is 0 Å². The maximum absolute atomic E-state index is 6.13. The molecule has 1 aromatic rings. The molecule has 0 saturated carbocycles. The van der Waals surface area contributed by atoms with Gasteiger partial charge in [0.1, 0.15) is 0 Å². The van der Waals surface area contributed by atoms with E-state index in [0.717, 1.165) is 49.7 Å². The predicted molar refractivity (Wildman–Crippen MR) is 81.5 cm³/mol. The molecule has 3 rings (SSSR count). The fourth-order valence-corrected chi connectivity index (χ4v) is 2.99. The van der Waals surface area contributed by atoms with Crippen LogP contribution in [0, 0.1) is 6.92 Å². The zero-order valence-corrected chi connectivity index (χ0v) is 13.1. The van der Waals surface area contributed by atoms with E-state index in [1.54, 1.807) is 0 Å². The Morgan fingerprint density at radius 3 is 2.90 bits per heavy atom. The fraction of sp³-hybridized carbons (Fsp3) is 0.625. The summed E-state index contributed by atoms with van der Waals surface area (Å²) in [5.74, 6) is -0.391. The summed E-state index contributed by atoms with van der Waals surface area (Å²) in [4.78, 5) is 0. The van der Waals surface area contributed by atoms with Crippen LogP contribution in [0.25, 0.3) is 0 Å². The van der Waals surface area contributed by atoms with E-state index in [0.29, 0.717) is 6.61 Å². The minimum atomic E-state index is -0.391. The largest absolute Gasteiger partial charge is 0.381 e. The summed E-state index contributed by atoms with van der Waals surface area (Å²) in [6.07, 6.45) is 1.78. The van der Waals surface area contributed by atoms with Crippen molar-refractivity contribution in [1.82, 2.24) is 5.32 Å². The van der Waals surface area contributed by atoms with Crippen LogP contribution in [0.2, 0.25) is 5.02 Å². The topological polar surface area (TPSA) is 39.7 Å². The van der Waals surface area contributed by atoms with Gasteiger partial charge in [0.25, 0.3) is 0 Å². The molecule has 0 aliphatic carbocycles. The Balaban J connectivity index is 1.44. The van der Waals surface area contributed by atoms with Gasteiger partial charge in [-0.2, -0.15) is 0 Å². The van der Waals surface area contributed by atoms with Crippen molar-refractivity contribution < 1.29 is 14.2 Å². The number of halogens is 1. The van der Waals surface area contributed by atoms with E-state index in [9.17, 15) is 0 Å². The van der Waals surface area contributed by atoms with Gasteiger partial charge in [-0.05, 0) is 24.1 Å². The highest BCUT2D eigenvalue weighted by molar-refractivity contribution is 6.31. The van der Waals surface area contributed by atoms with Gasteiger partial charge in [0.2, 0.25) is 0 Å². The highest BCUT2D eigenvalue weighted by atomic mass is 35.5. The van der Waals surface area contributed by atoms with Gasteiger partial charge in [0, 0.05) is 31.0 Å². The normalized spacial score (nSPS) is 24.6. The molecule has 1 aromatic carbocycles. The molecule has 21 heavy (non-hydrogen) atoms. The number of hydrogen-bond acceptors (Lipinski definition) is 4. The van der Waals surface area contributed by atoms with Crippen molar-refractivity contribution in [3.8, 4) is 0 Å². The Bertz CT molecular complexity index is 488. The number of aryl methyl sites for hydroxylation is 1. The summed E-state index contributed by atoms with van der Waals surface area (Å²) in [5.41, 5.74) is 2.29. The lowest BCUT2D eigenvalue weighted by Crippen LogP contribution is -2.39. The monoisotopic (exact) mass is 311 g/mol. The van der Waals surface area contributed by atoms with E-state index in [1.165, 1.54) is 5.56 Å². The Labute approximate surface area is 130 Å². The van der Waals surface area contributed by atoms with Gasteiger partial charge < -0.3 is 19.5 Å². The van der Waals surface area contributed by atoms with E-state index < -0.39 is 5.79 Å². The van der Waals surface area contributed by atoms with Crippen molar-refractivity contribution in [2.24, 2.45) is 0 Å². The standard InChI is InChI=1S/C16H22ClNO3/c1-12-2-3-13(8-15(12)17)9-18-10-14-11-20-16(21-14)4-6-19-7-5-16/h2-3,8,14,18H,4-7,9-11H2,1H3/t14-/m0/s1. The molecule has 1 spiro atoms. The van der Waals surface area contributed by atoms with E-state index >= 15 is 0 Å². The third-order valence-corrected chi connectivity index (χ3v) is 4.51. The maximum Gasteiger partial charge on any atom is 0.173 e. The van der Waals surface area contributed by atoms with E-state index in [4.69, 9.17) is 25.8 Å². The fourth-order valence-electron chi connectivity index (χ4n) is 2.79. The molecule has 1 N–H and O–H groups in total. The molecule has 1 atom stereocenters. The molecule has 2 heterocycles. The second kappa shape index (κ2) is 6.63. The first-order valence-corrected chi connectivity index (χ1v) is 7.90. The molecule has 0 unspecified atom stereocenters. The van der Waals surface area contributed by atoms with Gasteiger partial charge in [0.15, 0.2) is 5.79 Å². The van der Waals surface area contributed by atoms with Crippen LogP contribution in [-0.2, 0) is 20.8 Å². The summed E-state index contributed by atoms with van der Waals surface area (Å²) in [6, 6.07) is 6.15. The Morgan fingerprint density at radius 1 is 1.33 bits per heavy atom. The van der Waals surface area contributed by atoms with Gasteiger partial charge in [-0.25, -0.2) is 0 Å². The molecule has 116 valence electrons. The average Bonchev–Trinajstić information content (AvgIpc) is 2.86. The van der Waals surface area contributed by atoms with E-state index in [1.807, 2.05) is 19.1 Å². The number of benzene rings is 1. The molecule has 0 amide bonds. The highest BCUT2D eigenvalue weighted by Gasteiger charge is 2.42. The third-order valence-electron chi connectivity index (χ3n) is 4.11. The Kier molecular flexibility index (Phi) is 4.82. The number of ether oxygens (including phenoxy) is 3. The molecule has 0 bridgehead atoms. The van der Waals surface area contributed by atoms with Crippen molar-refractivity contribution in [1.29, 1.82) is 0 Å². The molecule has 4 nitrogen and oxygen atoms in total. The average molecular weight is 312 g/mol. The van der Waals surface area contributed by atoms with Crippen molar-refractivity contribution in [3.63, 3.8) is 0 Å². The molecule has 2 aliphatic heterocycles. The van der Waals surface area contributed by atoms with Crippen LogP contribution in [0.15, 0.2) is 18.2 Å². The first-order chi connectivity index (χ1) is 10.2. The lowest BCUT2D eigenvalue weighted by molar-refractivity contribution is -0.210. The molecule has 2 aliphatic rings. The SMILES string of the molecule is Cc1ccc(CNC[C@H]2COC3(CCOCC3)O2)cc1Cl. The molecular formula is C16H22ClNO3. The summed E-state index contributed by atoms with van der Waals surface area (Å²) in [7, 11) is 0. The van der Waals surface area contributed by atoms with Gasteiger partial charge in [-0.1, -0.05) is 23.7 Å². The second-order valence-electron chi connectivity index (χ2n) is 5.79. The summed E-state index contributed by atoms with van der Waals surface area (Å²) < 4.78 is 17.3. The van der Waals surface area contributed by atoms with Crippen molar-refractivity contribution >= 4 is 11.6 Å². The van der Waals surface area contributed by atoms with Crippen LogP contribution < -0.4 is 5.32 Å². The van der Waals surface area contributed by atoms with Crippen LogP contribution in [-0.4, -0.2) is 38.3 Å². The smallest absolute Gasteiger partial charge is 0.173 e. The second-order valence-corrected chi connectivity index (χ2v) is 6.20. The summed E-state index contributed by atoms with van der Waals surface area (Å²) >= 11 is 6.13. The number of nitrogens with one attached hydrogen (secondary N) is 1. The number of rotatable bonds is 4. The van der Waals surface area contributed by atoms with E-state index in [2.05, 4.69) is 11.4 Å². The minimum Gasteiger partial charge on any atom is -0.381 e. The molecule has 0 radical (unpaired) electrons. The predicted octanol–water partition coefficient (Wildman–Crippen LogP) is 2.66. The van der Waals surface area contributed by atoms with Gasteiger partial charge in [-0.3, -0.25) is 0 Å². The van der Waals surface area contributed by atoms with Crippen LogP contribution in [0.4, 0.5) is 0 Å². The zero-order chi connectivity index (χ0) is 14.7. The van der Waals surface area contributed by atoms with Crippen LogP contribution in [0.1, 0.15) is 24.0 Å². The minimum absolute atomic E-state index is 0.115. The molecule has 5 heteroatoms. The number of hydrogen-bond donors (Lipinski definition) is 1. The van der Waals surface area contributed by atoms with Crippen LogP contribution in [0.3, 0.4) is 0 Å². The Morgan fingerprint density at radius 2 is 2.14 bits per heavy atom. The lowest BCUT2D eigenvalue weighted by atomic mass is 10.1. The third kappa shape index (κ3) is 3.76. The molecule has 2 saturated heterocycles. The maximum atomic E-state index is 6.13. The quantitative estimate of drug-likeness (QED) is 0.928.